The molecular weight excluding hydrogens is 176 g/mol. The average Bonchev–Trinajstić information content (AvgIpc) is 2.23. The van der Waals surface area contributed by atoms with Crippen LogP contribution in [0.15, 0.2) is 48.8 Å². The molecule has 2 rings (SSSR count). The Morgan fingerprint density at radius 3 is 2.07 bits per heavy atom. The fourth-order valence-corrected chi connectivity index (χ4v) is 1.15. The SMILES string of the molecule is Oc1ccc(Nc2ccncc2)cc1. The van der Waals surface area contributed by atoms with Crippen LogP contribution in [0.2, 0.25) is 0 Å². The van der Waals surface area contributed by atoms with Gasteiger partial charge in [0.1, 0.15) is 5.75 Å². The van der Waals surface area contributed by atoms with Crippen LogP contribution in [0.1, 0.15) is 0 Å². The summed E-state index contributed by atoms with van der Waals surface area (Å²) in [5, 5.41) is 12.3. The van der Waals surface area contributed by atoms with Gasteiger partial charge in [0.05, 0.1) is 0 Å². The zero-order valence-corrected chi connectivity index (χ0v) is 7.51. The third kappa shape index (κ3) is 2.01. The standard InChI is InChI=1S/C11H10N2O/c14-11-3-1-9(2-4-11)13-10-5-7-12-8-6-10/h1-8,14H,(H,12,13). The van der Waals surface area contributed by atoms with Crippen molar-refractivity contribution >= 4 is 11.4 Å². The van der Waals surface area contributed by atoms with Crippen LogP contribution in [0, 0.1) is 0 Å². The maximum atomic E-state index is 9.08. The monoisotopic (exact) mass is 186 g/mol. The molecule has 1 aromatic carbocycles. The quantitative estimate of drug-likeness (QED) is 0.708. The fraction of sp³-hybridized carbons (Fsp3) is 0. The second-order valence-corrected chi connectivity index (χ2v) is 2.91. The first-order chi connectivity index (χ1) is 6.84. The highest BCUT2D eigenvalue weighted by Crippen LogP contribution is 2.18. The molecule has 70 valence electrons. The van der Waals surface area contributed by atoms with Crippen LogP contribution in [0.3, 0.4) is 0 Å². The third-order valence-corrected chi connectivity index (χ3v) is 1.84. The molecule has 0 unspecified atom stereocenters. The number of nitrogens with zero attached hydrogens (tertiary/aromatic N) is 1. The zero-order chi connectivity index (χ0) is 9.80. The van der Waals surface area contributed by atoms with E-state index in [9.17, 15) is 0 Å². The van der Waals surface area contributed by atoms with Gasteiger partial charge in [-0.2, -0.15) is 0 Å². The van der Waals surface area contributed by atoms with Crippen LogP contribution >= 0.6 is 0 Å². The normalized spacial score (nSPS) is 9.71. The smallest absolute Gasteiger partial charge is 0.115 e. The highest BCUT2D eigenvalue weighted by atomic mass is 16.3. The van der Waals surface area contributed by atoms with Crippen LogP contribution in [0.25, 0.3) is 0 Å². The Morgan fingerprint density at radius 1 is 0.857 bits per heavy atom. The Kier molecular flexibility index (Phi) is 2.32. The molecule has 0 fully saturated rings. The van der Waals surface area contributed by atoms with Crippen molar-refractivity contribution in [2.24, 2.45) is 0 Å². The summed E-state index contributed by atoms with van der Waals surface area (Å²) in [5.41, 5.74) is 1.92. The van der Waals surface area contributed by atoms with Gasteiger partial charge in [-0.1, -0.05) is 0 Å². The summed E-state index contributed by atoms with van der Waals surface area (Å²) in [6.07, 6.45) is 3.45. The Hall–Kier alpha value is -2.03. The predicted octanol–water partition coefficient (Wildman–Crippen LogP) is 2.53. The average molecular weight is 186 g/mol. The van der Waals surface area contributed by atoms with Crippen molar-refractivity contribution in [2.75, 3.05) is 5.32 Å². The van der Waals surface area contributed by atoms with Gasteiger partial charge >= 0.3 is 0 Å². The highest BCUT2D eigenvalue weighted by Gasteiger charge is 1.93. The summed E-state index contributed by atoms with van der Waals surface area (Å²) in [5.74, 6) is 0.269. The number of rotatable bonds is 2. The lowest BCUT2D eigenvalue weighted by atomic mass is 10.3. The molecule has 0 amide bonds. The fourth-order valence-electron chi connectivity index (χ4n) is 1.15. The van der Waals surface area contributed by atoms with Gasteiger partial charge in [0.15, 0.2) is 0 Å². The molecule has 2 aromatic rings. The van der Waals surface area contributed by atoms with Gasteiger partial charge in [0, 0.05) is 23.8 Å². The zero-order valence-electron chi connectivity index (χ0n) is 7.51. The molecule has 0 bridgehead atoms. The number of hydrogen-bond acceptors (Lipinski definition) is 3. The number of phenols is 1. The van der Waals surface area contributed by atoms with Crippen LogP contribution in [0.5, 0.6) is 5.75 Å². The van der Waals surface area contributed by atoms with Crippen LogP contribution in [0.4, 0.5) is 11.4 Å². The Bertz CT molecular complexity index is 397. The second kappa shape index (κ2) is 3.79. The Balaban J connectivity index is 2.16. The molecule has 3 nitrogen and oxygen atoms in total. The first-order valence-electron chi connectivity index (χ1n) is 4.31. The van der Waals surface area contributed by atoms with E-state index in [1.165, 1.54) is 0 Å². The lowest BCUT2D eigenvalue weighted by Crippen LogP contribution is -1.88. The first kappa shape index (κ1) is 8.56. The van der Waals surface area contributed by atoms with Crippen molar-refractivity contribution in [3.8, 4) is 5.75 Å². The molecule has 14 heavy (non-hydrogen) atoms. The molecule has 0 aliphatic rings. The molecule has 0 saturated heterocycles. The summed E-state index contributed by atoms with van der Waals surface area (Å²) in [7, 11) is 0. The minimum atomic E-state index is 0.269. The van der Waals surface area contributed by atoms with E-state index >= 15 is 0 Å². The number of aromatic nitrogens is 1. The third-order valence-electron chi connectivity index (χ3n) is 1.84. The van der Waals surface area contributed by atoms with Gasteiger partial charge in [-0.3, -0.25) is 4.98 Å². The van der Waals surface area contributed by atoms with Crippen molar-refractivity contribution in [3.63, 3.8) is 0 Å². The van der Waals surface area contributed by atoms with E-state index in [0.29, 0.717) is 0 Å². The summed E-state index contributed by atoms with van der Waals surface area (Å²) in [4.78, 5) is 3.92. The van der Waals surface area contributed by atoms with Gasteiger partial charge in [-0.25, -0.2) is 0 Å². The van der Waals surface area contributed by atoms with Crippen molar-refractivity contribution in [1.29, 1.82) is 0 Å². The van der Waals surface area contributed by atoms with Crippen molar-refractivity contribution in [2.45, 2.75) is 0 Å². The minimum absolute atomic E-state index is 0.269. The predicted molar refractivity (Wildman–Crippen MR) is 55.6 cm³/mol. The number of aromatic hydroxyl groups is 1. The van der Waals surface area contributed by atoms with Gasteiger partial charge < -0.3 is 10.4 Å². The molecule has 1 heterocycles. The maximum Gasteiger partial charge on any atom is 0.115 e. The van der Waals surface area contributed by atoms with Crippen LogP contribution in [-0.4, -0.2) is 10.1 Å². The first-order valence-corrected chi connectivity index (χ1v) is 4.31. The molecule has 0 saturated carbocycles. The van der Waals surface area contributed by atoms with E-state index in [1.54, 1.807) is 24.5 Å². The molecule has 1 aromatic heterocycles. The van der Waals surface area contributed by atoms with E-state index in [-0.39, 0.29) is 5.75 Å². The van der Waals surface area contributed by atoms with E-state index in [1.807, 2.05) is 24.3 Å². The van der Waals surface area contributed by atoms with Crippen molar-refractivity contribution in [3.05, 3.63) is 48.8 Å². The minimum Gasteiger partial charge on any atom is -0.508 e. The molecule has 2 N–H and O–H groups in total. The van der Waals surface area contributed by atoms with Crippen LogP contribution < -0.4 is 5.32 Å². The number of phenolic OH excluding ortho intramolecular Hbond substituents is 1. The number of nitrogens with one attached hydrogen (secondary N) is 1. The van der Waals surface area contributed by atoms with Crippen molar-refractivity contribution in [1.82, 2.24) is 4.98 Å². The lowest BCUT2D eigenvalue weighted by Gasteiger charge is -2.05. The maximum absolute atomic E-state index is 9.08. The van der Waals surface area contributed by atoms with E-state index in [4.69, 9.17) is 5.11 Å². The molecule has 0 radical (unpaired) electrons. The molecule has 0 aliphatic carbocycles. The molecule has 0 spiro atoms. The summed E-state index contributed by atoms with van der Waals surface area (Å²) >= 11 is 0. The molecular formula is C11H10N2O. The van der Waals surface area contributed by atoms with Gasteiger partial charge in [-0.05, 0) is 36.4 Å². The Morgan fingerprint density at radius 2 is 1.43 bits per heavy atom. The second-order valence-electron chi connectivity index (χ2n) is 2.91. The summed E-state index contributed by atoms with van der Waals surface area (Å²) in [6.45, 7) is 0. The van der Waals surface area contributed by atoms with E-state index in [0.717, 1.165) is 11.4 Å². The molecule has 0 atom stereocenters. The lowest BCUT2D eigenvalue weighted by molar-refractivity contribution is 0.475. The van der Waals surface area contributed by atoms with Gasteiger partial charge in [0.2, 0.25) is 0 Å². The van der Waals surface area contributed by atoms with E-state index in [2.05, 4.69) is 10.3 Å². The summed E-state index contributed by atoms with van der Waals surface area (Å²) < 4.78 is 0. The van der Waals surface area contributed by atoms with E-state index < -0.39 is 0 Å². The molecule has 0 aliphatic heterocycles. The van der Waals surface area contributed by atoms with Gasteiger partial charge in [0.25, 0.3) is 0 Å². The number of benzene rings is 1. The van der Waals surface area contributed by atoms with Gasteiger partial charge in [-0.15, -0.1) is 0 Å². The number of hydrogen-bond donors (Lipinski definition) is 2. The van der Waals surface area contributed by atoms with Crippen LogP contribution in [-0.2, 0) is 0 Å². The summed E-state index contributed by atoms with van der Waals surface area (Å²) in [6, 6.07) is 10.7. The number of anilines is 2. The molecule has 3 heteroatoms. The largest absolute Gasteiger partial charge is 0.508 e. The van der Waals surface area contributed by atoms with Crippen molar-refractivity contribution < 1.29 is 5.11 Å². The Labute approximate surface area is 82.1 Å². The number of pyridine rings is 1. The highest BCUT2D eigenvalue weighted by molar-refractivity contribution is 5.59. The topological polar surface area (TPSA) is 45.1 Å².